The molecular weight excluding hydrogens is 256 g/mol. The second kappa shape index (κ2) is 5.75. The molecule has 1 heterocycles. The van der Waals surface area contributed by atoms with Crippen LogP contribution in [0.5, 0.6) is 11.5 Å². The van der Waals surface area contributed by atoms with Gasteiger partial charge < -0.3 is 9.47 Å². The molecule has 1 aliphatic heterocycles. The van der Waals surface area contributed by atoms with Crippen LogP contribution in [0.1, 0.15) is 5.56 Å². The number of halogens is 1. The van der Waals surface area contributed by atoms with Crippen LogP contribution in [0.25, 0.3) is 0 Å². The third-order valence-corrected chi connectivity index (χ3v) is 3.09. The van der Waals surface area contributed by atoms with Crippen LogP contribution in [0.4, 0.5) is 0 Å². The number of nitrogens with zero attached hydrogens (tertiary/aromatic N) is 1. The molecule has 1 fully saturated rings. The fraction of sp³-hybridized carbons (Fsp3) is 0.500. The summed E-state index contributed by atoms with van der Waals surface area (Å²) in [6.07, 6.45) is 0.168. The molecule has 6 heteroatoms. The van der Waals surface area contributed by atoms with E-state index in [1.807, 2.05) is 7.05 Å². The van der Waals surface area contributed by atoms with Gasteiger partial charge in [-0.1, -0.05) is 11.6 Å². The number of rotatable bonds is 5. The maximum absolute atomic E-state index is 6.00. The molecule has 0 aromatic heterocycles. The van der Waals surface area contributed by atoms with Crippen LogP contribution in [0.3, 0.4) is 0 Å². The monoisotopic (exact) mass is 272 g/mol. The van der Waals surface area contributed by atoms with Crippen molar-refractivity contribution in [3.05, 3.63) is 22.7 Å². The van der Waals surface area contributed by atoms with Gasteiger partial charge in [-0.25, -0.2) is 5.90 Å². The van der Waals surface area contributed by atoms with Crippen molar-refractivity contribution in [3.8, 4) is 11.5 Å². The lowest BCUT2D eigenvalue weighted by atomic mass is 10.1. The summed E-state index contributed by atoms with van der Waals surface area (Å²) in [6.45, 7) is 2.03. The van der Waals surface area contributed by atoms with Gasteiger partial charge in [0.15, 0.2) is 11.5 Å². The lowest BCUT2D eigenvalue weighted by Gasteiger charge is -2.36. The number of methoxy groups -OCH3 is 1. The lowest BCUT2D eigenvalue weighted by Crippen LogP contribution is -2.51. The molecule has 1 saturated heterocycles. The molecule has 5 nitrogen and oxygen atoms in total. The summed E-state index contributed by atoms with van der Waals surface area (Å²) in [5, 5.41) is 0.567. The number of nitrogens with two attached hydrogens (primary N) is 1. The Morgan fingerprint density at radius 2 is 2.17 bits per heavy atom. The number of hydrogen-bond donors (Lipinski definition) is 1. The van der Waals surface area contributed by atoms with E-state index in [0.29, 0.717) is 16.5 Å². The Bertz CT molecular complexity index is 422. The van der Waals surface area contributed by atoms with Gasteiger partial charge in [-0.3, -0.25) is 9.74 Å². The van der Waals surface area contributed by atoms with Crippen molar-refractivity contribution in [2.45, 2.75) is 12.7 Å². The van der Waals surface area contributed by atoms with Crippen molar-refractivity contribution in [3.63, 3.8) is 0 Å². The molecule has 0 atom stereocenters. The van der Waals surface area contributed by atoms with E-state index in [4.69, 9.17) is 27.0 Å². The van der Waals surface area contributed by atoms with E-state index in [9.17, 15) is 0 Å². The Kier molecular flexibility index (Phi) is 4.29. The minimum Gasteiger partial charge on any atom is -0.493 e. The first-order valence-corrected chi connectivity index (χ1v) is 6.05. The zero-order valence-electron chi connectivity index (χ0n) is 10.5. The normalized spacial score (nSPS) is 16.4. The molecule has 0 bridgehead atoms. The van der Waals surface area contributed by atoms with Crippen molar-refractivity contribution in [2.75, 3.05) is 27.2 Å². The second-order valence-corrected chi connectivity index (χ2v) is 4.80. The SMILES string of the molecule is COc1cc(Cl)cc(CON)c1OC1CN(C)C1. The van der Waals surface area contributed by atoms with Gasteiger partial charge in [-0.15, -0.1) is 0 Å². The number of ether oxygens (including phenoxy) is 2. The molecule has 0 aliphatic carbocycles. The number of hydrogen-bond acceptors (Lipinski definition) is 5. The summed E-state index contributed by atoms with van der Waals surface area (Å²) in [7, 11) is 3.63. The van der Waals surface area contributed by atoms with E-state index in [-0.39, 0.29) is 12.7 Å². The highest BCUT2D eigenvalue weighted by atomic mass is 35.5. The van der Waals surface area contributed by atoms with Crippen LogP contribution in [-0.4, -0.2) is 38.3 Å². The Balaban J connectivity index is 2.23. The first kappa shape index (κ1) is 13.4. The molecule has 1 aromatic rings. The predicted molar refractivity (Wildman–Crippen MR) is 68.9 cm³/mol. The van der Waals surface area contributed by atoms with Crippen LogP contribution >= 0.6 is 11.6 Å². The Morgan fingerprint density at radius 3 is 2.72 bits per heavy atom. The molecule has 2 N–H and O–H groups in total. The molecule has 100 valence electrons. The topological polar surface area (TPSA) is 57.0 Å². The largest absolute Gasteiger partial charge is 0.493 e. The van der Waals surface area contributed by atoms with Gasteiger partial charge in [-0.2, -0.15) is 0 Å². The van der Waals surface area contributed by atoms with Crippen LogP contribution in [0.15, 0.2) is 12.1 Å². The summed E-state index contributed by atoms with van der Waals surface area (Å²) >= 11 is 6.00. The van der Waals surface area contributed by atoms with E-state index in [1.54, 1.807) is 19.2 Å². The van der Waals surface area contributed by atoms with Crippen molar-refractivity contribution >= 4 is 11.6 Å². The van der Waals surface area contributed by atoms with Crippen molar-refractivity contribution < 1.29 is 14.3 Å². The highest BCUT2D eigenvalue weighted by molar-refractivity contribution is 6.30. The summed E-state index contributed by atoms with van der Waals surface area (Å²) in [6, 6.07) is 3.49. The Morgan fingerprint density at radius 1 is 1.44 bits per heavy atom. The van der Waals surface area contributed by atoms with Gasteiger partial charge in [0.1, 0.15) is 6.10 Å². The molecule has 2 rings (SSSR count). The van der Waals surface area contributed by atoms with E-state index in [0.717, 1.165) is 18.7 Å². The average molecular weight is 273 g/mol. The van der Waals surface area contributed by atoms with Gasteiger partial charge in [0, 0.05) is 29.7 Å². The fourth-order valence-corrected chi connectivity index (χ4v) is 2.22. The molecule has 0 spiro atoms. The zero-order valence-corrected chi connectivity index (χ0v) is 11.2. The van der Waals surface area contributed by atoms with Crippen LogP contribution < -0.4 is 15.4 Å². The van der Waals surface area contributed by atoms with E-state index < -0.39 is 0 Å². The third-order valence-electron chi connectivity index (χ3n) is 2.87. The van der Waals surface area contributed by atoms with Gasteiger partial charge in [-0.05, 0) is 13.1 Å². The highest BCUT2D eigenvalue weighted by Crippen LogP contribution is 2.36. The predicted octanol–water partition coefficient (Wildman–Crippen LogP) is 1.43. The van der Waals surface area contributed by atoms with Crippen LogP contribution in [0.2, 0.25) is 5.02 Å². The highest BCUT2D eigenvalue weighted by Gasteiger charge is 2.27. The lowest BCUT2D eigenvalue weighted by molar-refractivity contribution is 0.0338. The average Bonchev–Trinajstić information content (AvgIpc) is 2.30. The first-order chi connectivity index (χ1) is 8.63. The van der Waals surface area contributed by atoms with Crippen LogP contribution in [0, 0.1) is 0 Å². The maximum atomic E-state index is 6.00. The number of likely N-dealkylation sites (N-methyl/N-ethyl adjacent to an activating group) is 1. The molecule has 18 heavy (non-hydrogen) atoms. The molecule has 1 aliphatic rings. The minimum atomic E-state index is 0.168. The smallest absolute Gasteiger partial charge is 0.167 e. The zero-order chi connectivity index (χ0) is 13.1. The van der Waals surface area contributed by atoms with E-state index in [1.165, 1.54) is 0 Å². The molecule has 0 unspecified atom stereocenters. The Labute approximate surface area is 111 Å². The van der Waals surface area contributed by atoms with Crippen molar-refractivity contribution in [2.24, 2.45) is 5.90 Å². The summed E-state index contributed by atoms with van der Waals surface area (Å²) in [5.41, 5.74) is 0.788. The number of benzene rings is 1. The minimum absolute atomic E-state index is 0.168. The first-order valence-electron chi connectivity index (χ1n) is 5.67. The summed E-state index contributed by atoms with van der Waals surface area (Å²) in [5.74, 6) is 6.38. The van der Waals surface area contributed by atoms with Gasteiger partial charge in [0.2, 0.25) is 0 Å². The van der Waals surface area contributed by atoms with Gasteiger partial charge >= 0.3 is 0 Å². The quantitative estimate of drug-likeness (QED) is 0.822. The summed E-state index contributed by atoms with van der Waals surface area (Å²) in [4.78, 5) is 6.85. The van der Waals surface area contributed by atoms with E-state index in [2.05, 4.69) is 9.74 Å². The summed E-state index contributed by atoms with van der Waals surface area (Å²) < 4.78 is 11.2. The molecule has 0 saturated carbocycles. The van der Waals surface area contributed by atoms with E-state index >= 15 is 0 Å². The van der Waals surface area contributed by atoms with Gasteiger partial charge in [0.05, 0.1) is 13.7 Å². The molecular formula is C12H17ClN2O3. The van der Waals surface area contributed by atoms with Gasteiger partial charge in [0.25, 0.3) is 0 Å². The van der Waals surface area contributed by atoms with Crippen molar-refractivity contribution in [1.29, 1.82) is 0 Å². The number of likely N-dealkylation sites (tertiary alicyclic amines) is 1. The third kappa shape index (κ3) is 2.87. The van der Waals surface area contributed by atoms with Crippen LogP contribution in [-0.2, 0) is 11.4 Å². The second-order valence-electron chi connectivity index (χ2n) is 4.37. The standard InChI is InChI=1S/C12H17ClN2O3/c1-15-5-10(6-15)18-12-8(7-17-14)3-9(13)4-11(12)16-2/h3-4,10H,5-7,14H2,1-2H3. The maximum Gasteiger partial charge on any atom is 0.167 e. The molecule has 0 radical (unpaired) electrons. The Hall–Kier alpha value is -1.01. The fourth-order valence-electron chi connectivity index (χ4n) is 1.99. The van der Waals surface area contributed by atoms with Crippen molar-refractivity contribution in [1.82, 2.24) is 4.90 Å². The molecule has 0 amide bonds. The molecule has 1 aromatic carbocycles.